The van der Waals surface area contributed by atoms with Crippen molar-refractivity contribution in [2.45, 2.75) is 9.97 Å². The summed E-state index contributed by atoms with van der Waals surface area (Å²) in [5.41, 5.74) is 1.30. The molecule has 1 saturated heterocycles. The summed E-state index contributed by atoms with van der Waals surface area (Å²) in [5.74, 6) is -1.59. The fourth-order valence-electron chi connectivity index (χ4n) is 4.15. The monoisotopic (exact) mass is 577 g/mol. The zero-order chi connectivity index (χ0) is 23.6. The van der Waals surface area contributed by atoms with Gasteiger partial charge in [0.15, 0.2) is 0 Å². The number of fused-ring (bicyclic) bond motifs is 4. The quantitative estimate of drug-likeness (QED) is 0.291. The predicted molar refractivity (Wildman–Crippen MR) is 129 cm³/mol. The average Bonchev–Trinajstić information content (AvgIpc) is 3.58. The van der Waals surface area contributed by atoms with E-state index in [0.29, 0.717) is 17.3 Å². The van der Waals surface area contributed by atoms with E-state index in [0.717, 1.165) is 9.99 Å². The molecule has 4 heterocycles. The van der Waals surface area contributed by atoms with Crippen LogP contribution in [0.15, 0.2) is 48.7 Å². The van der Waals surface area contributed by atoms with E-state index >= 15 is 0 Å². The number of nitrogens with zero attached hydrogens (tertiary/aromatic N) is 4. The van der Waals surface area contributed by atoms with Gasteiger partial charge in [0, 0.05) is 0 Å². The molecule has 1 unspecified atom stereocenters. The van der Waals surface area contributed by atoms with E-state index in [1.54, 1.807) is 40.6 Å². The Kier molecular flexibility index (Phi) is 4.90. The molecule has 2 aromatic carbocycles. The van der Waals surface area contributed by atoms with Crippen molar-refractivity contribution in [3.8, 4) is 5.75 Å². The molecule has 3 aliphatic heterocycles. The molecule has 11 heteroatoms. The molecule has 1 fully saturated rings. The summed E-state index contributed by atoms with van der Waals surface area (Å²) in [6.45, 7) is -0.0542. The van der Waals surface area contributed by atoms with Gasteiger partial charge in [0.05, 0.1) is 0 Å². The zero-order valence-corrected chi connectivity index (χ0v) is 20.0. The number of carbonyl (C=O) groups is 2. The number of alkyl halides is 2. The number of ether oxygens (including phenoxy) is 1. The molecule has 1 aromatic heterocycles. The number of amides is 2. The molecule has 1 N–H and O–H groups in total. The fraction of sp³-hybridized carbons (Fsp3) is 0.217. The summed E-state index contributed by atoms with van der Waals surface area (Å²) in [4.78, 5) is 35.9. The number of benzene rings is 2. The van der Waals surface area contributed by atoms with Gasteiger partial charge in [-0.15, -0.1) is 0 Å². The predicted octanol–water partition coefficient (Wildman–Crippen LogP) is 3.54. The van der Waals surface area contributed by atoms with Crippen LogP contribution in [0.25, 0.3) is 0 Å². The third-order valence-electron chi connectivity index (χ3n) is 5.93. The van der Waals surface area contributed by atoms with E-state index < -0.39 is 43.7 Å². The molecule has 0 spiro atoms. The molecule has 0 saturated carbocycles. The molecule has 34 heavy (non-hydrogen) atoms. The number of aromatic nitrogens is 2. The van der Waals surface area contributed by atoms with Crippen molar-refractivity contribution in [3.05, 3.63) is 71.7 Å². The maximum atomic E-state index is 14.6. The third-order valence-corrected chi connectivity index (χ3v) is 11.6. The Bertz CT molecular complexity index is 1340. The molecule has 8 nitrogen and oxygen atoms in total. The first-order valence-electron chi connectivity index (χ1n) is 10.5. The van der Waals surface area contributed by atoms with Crippen LogP contribution in [-0.4, -0.2) is 45.9 Å². The van der Waals surface area contributed by atoms with Crippen molar-refractivity contribution in [1.82, 2.24) is 15.3 Å². The van der Waals surface area contributed by atoms with Gasteiger partial charge in [0.25, 0.3) is 0 Å². The minimum atomic E-state index is -1.88. The summed E-state index contributed by atoms with van der Waals surface area (Å²) >= 11 is -1.88. The van der Waals surface area contributed by atoms with E-state index in [9.17, 15) is 18.4 Å². The van der Waals surface area contributed by atoms with Crippen LogP contribution in [0, 0.1) is 11.6 Å². The van der Waals surface area contributed by atoms with E-state index in [1.807, 2.05) is 0 Å². The first-order valence-corrected chi connectivity index (χ1v) is 14.2. The number of hydrogen-bond donors (Lipinski definition) is 1. The van der Waals surface area contributed by atoms with Crippen LogP contribution in [-0.2, 0) is 4.79 Å². The minimum absolute atomic E-state index is 0.0542. The Morgan fingerprint density at radius 3 is 2.74 bits per heavy atom. The van der Waals surface area contributed by atoms with Crippen LogP contribution < -0.4 is 18.1 Å². The second-order valence-corrected chi connectivity index (χ2v) is 13.5. The molecule has 0 radical (unpaired) electrons. The van der Waals surface area contributed by atoms with E-state index in [4.69, 9.17) is 4.74 Å². The number of carbonyl (C=O) groups excluding carboxylic acids is 2. The number of rotatable bonds is 3. The van der Waals surface area contributed by atoms with E-state index in [-0.39, 0.29) is 28.0 Å². The van der Waals surface area contributed by atoms with Crippen LogP contribution in [0.4, 0.5) is 26.0 Å². The number of hydrogen-bond acceptors (Lipinski definition) is 6. The summed E-state index contributed by atoms with van der Waals surface area (Å²) in [6, 6.07) is 9.89. The van der Waals surface area contributed by atoms with Crippen molar-refractivity contribution in [2.24, 2.45) is 0 Å². The molecule has 0 aliphatic carbocycles. The van der Waals surface area contributed by atoms with Crippen molar-refractivity contribution >= 4 is 49.1 Å². The summed E-state index contributed by atoms with van der Waals surface area (Å²) < 4.78 is 37.6. The van der Waals surface area contributed by atoms with Gasteiger partial charge in [0.2, 0.25) is 0 Å². The summed E-state index contributed by atoms with van der Waals surface area (Å²) in [7, 11) is 1.61. The standard InChI is InChI=1S/C23H18F2IN5O3/c1-30-17-7-2-3-8-18(17)34-11-16(23(30)33)28-22(32)20-27-10-12-15-9-26(15)31(21(12)29-20)19-13(24)5-4-6-14(19)25/h2-8,10,15-16H,9,11H2,1H3,(H,28,32)/t15?,16-/m0/s1. The number of nitrogens with one attached hydrogen (secondary N) is 1. The van der Waals surface area contributed by atoms with Gasteiger partial charge in [-0.2, -0.15) is 0 Å². The topological polar surface area (TPSA) is 87.7 Å². The van der Waals surface area contributed by atoms with Crippen molar-refractivity contribution in [3.63, 3.8) is 0 Å². The number of anilines is 3. The van der Waals surface area contributed by atoms with Gasteiger partial charge < -0.3 is 0 Å². The Balaban J connectivity index is 1.28. The van der Waals surface area contributed by atoms with Gasteiger partial charge in [-0.1, -0.05) is 0 Å². The molecule has 2 amide bonds. The van der Waals surface area contributed by atoms with E-state index in [2.05, 4.69) is 15.3 Å². The molecule has 6 rings (SSSR count). The van der Waals surface area contributed by atoms with Gasteiger partial charge >= 0.3 is 201 Å². The molecule has 174 valence electrons. The van der Waals surface area contributed by atoms with Gasteiger partial charge in [-0.3, -0.25) is 0 Å². The number of likely N-dealkylation sites (N-methyl/N-ethyl adjacent to an activating group) is 1. The van der Waals surface area contributed by atoms with Crippen molar-refractivity contribution in [2.75, 3.05) is 26.1 Å². The van der Waals surface area contributed by atoms with Crippen LogP contribution in [0.5, 0.6) is 5.75 Å². The molecule has 3 aromatic rings. The fourth-order valence-corrected chi connectivity index (χ4v) is 10.6. The second-order valence-electron chi connectivity index (χ2n) is 8.02. The molecule has 2 atom stereocenters. The SMILES string of the molecule is CN1C(=O)[C@@H](NC(=O)c2ncc3c(n2)N(c2c(F)cccc2F)I2CC32)COc2ccccc21. The van der Waals surface area contributed by atoms with Gasteiger partial charge in [-0.25, -0.2) is 0 Å². The molecule has 3 aliphatic rings. The van der Waals surface area contributed by atoms with Crippen LogP contribution in [0.2, 0.25) is 0 Å². The average molecular weight is 577 g/mol. The van der Waals surface area contributed by atoms with Crippen molar-refractivity contribution < 1.29 is 23.1 Å². The molecular weight excluding hydrogens is 559 g/mol. The van der Waals surface area contributed by atoms with Gasteiger partial charge in [-0.05, 0) is 0 Å². The van der Waals surface area contributed by atoms with E-state index in [1.165, 1.54) is 23.1 Å². The molecular formula is C23H18F2IN5O3. The zero-order valence-electron chi connectivity index (χ0n) is 17.8. The molecule has 0 bridgehead atoms. The van der Waals surface area contributed by atoms with Crippen molar-refractivity contribution in [1.29, 1.82) is 0 Å². The third kappa shape index (κ3) is 3.29. The van der Waals surface area contributed by atoms with Crippen LogP contribution in [0.3, 0.4) is 0 Å². The van der Waals surface area contributed by atoms with Gasteiger partial charge in [0.1, 0.15) is 0 Å². The second kappa shape index (κ2) is 7.86. The number of halogens is 3. The number of para-hydroxylation sites is 3. The summed E-state index contributed by atoms with van der Waals surface area (Å²) in [5, 5.41) is 2.65. The Hall–Kier alpha value is -3.35. The Morgan fingerprint density at radius 2 is 1.94 bits per heavy atom. The van der Waals surface area contributed by atoms with Crippen LogP contribution in [0.1, 0.15) is 20.1 Å². The Labute approximate surface area is 200 Å². The first kappa shape index (κ1) is 21.2. The first-order chi connectivity index (χ1) is 16.4. The van der Waals surface area contributed by atoms with Crippen LogP contribution >= 0.6 is 20.1 Å². The normalized spacial score (nSPS) is 21.3. The Morgan fingerprint density at radius 1 is 1.18 bits per heavy atom. The summed E-state index contributed by atoms with van der Waals surface area (Å²) in [6.07, 6.45) is 1.56. The maximum absolute atomic E-state index is 14.6.